The van der Waals surface area contributed by atoms with E-state index in [4.69, 9.17) is 4.42 Å². The molecule has 8 aromatic carbocycles. The largest absolute Gasteiger partial charge is 0.455 e. The van der Waals surface area contributed by atoms with E-state index in [0.717, 1.165) is 55.7 Å². The Labute approximate surface area is 310 Å². The molecular formula is C51H37NO. The molecule has 1 heterocycles. The topological polar surface area (TPSA) is 16.4 Å². The zero-order chi connectivity index (χ0) is 35.5. The Morgan fingerprint density at radius 1 is 0.415 bits per heavy atom. The highest BCUT2D eigenvalue weighted by molar-refractivity contribution is 6.17. The third-order valence-corrected chi connectivity index (χ3v) is 11.1. The second-order valence-corrected chi connectivity index (χ2v) is 14.5. The summed E-state index contributed by atoms with van der Waals surface area (Å²) in [7, 11) is 0. The quantitative estimate of drug-likeness (QED) is 0.174. The average Bonchev–Trinajstić information content (AvgIpc) is 3.72. The molecule has 0 unspecified atom stereocenters. The van der Waals surface area contributed by atoms with Gasteiger partial charge in [-0.2, -0.15) is 0 Å². The molecule has 0 amide bonds. The van der Waals surface area contributed by atoms with Gasteiger partial charge in [0.05, 0.1) is 11.1 Å². The van der Waals surface area contributed by atoms with Crippen LogP contribution in [0.15, 0.2) is 192 Å². The molecule has 9 aromatic rings. The van der Waals surface area contributed by atoms with Crippen molar-refractivity contribution in [3.8, 4) is 44.5 Å². The molecule has 0 spiro atoms. The highest BCUT2D eigenvalue weighted by Gasteiger charge is 2.36. The molecule has 252 valence electrons. The maximum absolute atomic E-state index is 6.77. The number of anilines is 3. The van der Waals surface area contributed by atoms with Crippen LogP contribution in [0.1, 0.15) is 25.0 Å². The Balaban J connectivity index is 1.21. The minimum Gasteiger partial charge on any atom is -0.455 e. The van der Waals surface area contributed by atoms with Crippen molar-refractivity contribution in [1.82, 2.24) is 0 Å². The molecule has 2 heteroatoms. The number of rotatable bonds is 6. The fraction of sp³-hybridized carbons (Fsp3) is 0.0588. The first-order chi connectivity index (χ1) is 26.0. The Bertz CT molecular complexity index is 2810. The van der Waals surface area contributed by atoms with Crippen LogP contribution in [0.3, 0.4) is 0 Å². The minimum absolute atomic E-state index is 0.137. The average molecular weight is 680 g/mol. The van der Waals surface area contributed by atoms with Crippen LogP contribution in [0.2, 0.25) is 0 Å². The molecule has 1 aliphatic rings. The molecule has 0 atom stereocenters. The lowest BCUT2D eigenvalue weighted by Crippen LogP contribution is -2.16. The first kappa shape index (κ1) is 31.1. The van der Waals surface area contributed by atoms with Crippen LogP contribution in [0.4, 0.5) is 17.1 Å². The lowest BCUT2D eigenvalue weighted by Gasteiger charge is -2.29. The highest BCUT2D eigenvalue weighted by Crippen LogP contribution is 2.52. The zero-order valence-electron chi connectivity index (χ0n) is 29.8. The number of fused-ring (bicyclic) bond motifs is 6. The summed E-state index contributed by atoms with van der Waals surface area (Å²) in [5.41, 5.74) is 17.2. The molecule has 2 nitrogen and oxygen atoms in total. The van der Waals surface area contributed by atoms with E-state index in [1.54, 1.807) is 0 Å². The number of hydrogen-bond acceptors (Lipinski definition) is 2. The maximum Gasteiger partial charge on any atom is 0.145 e. The third-order valence-electron chi connectivity index (χ3n) is 11.1. The van der Waals surface area contributed by atoms with Gasteiger partial charge in [-0.15, -0.1) is 0 Å². The Kier molecular flexibility index (Phi) is 7.19. The number of hydrogen-bond donors (Lipinski definition) is 0. The summed E-state index contributed by atoms with van der Waals surface area (Å²) in [6.07, 6.45) is 0. The predicted molar refractivity (Wildman–Crippen MR) is 222 cm³/mol. The van der Waals surface area contributed by atoms with Gasteiger partial charge in [-0.05, 0) is 98.6 Å². The van der Waals surface area contributed by atoms with Gasteiger partial charge < -0.3 is 9.32 Å². The molecule has 0 radical (unpaired) electrons. The van der Waals surface area contributed by atoms with Crippen molar-refractivity contribution in [2.75, 3.05) is 4.90 Å². The third kappa shape index (κ3) is 5.10. The number of para-hydroxylation sites is 1. The second kappa shape index (κ2) is 12.3. The fourth-order valence-corrected chi connectivity index (χ4v) is 8.43. The van der Waals surface area contributed by atoms with Gasteiger partial charge in [-0.3, -0.25) is 0 Å². The van der Waals surface area contributed by atoms with Crippen LogP contribution in [-0.4, -0.2) is 0 Å². The van der Waals surface area contributed by atoms with E-state index in [0.29, 0.717) is 0 Å². The number of furan rings is 1. The van der Waals surface area contributed by atoms with Crippen molar-refractivity contribution in [2.45, 2.75) is 19.3 Å². The van der Waals surface area contributed by atoms with E-state index >= 15 is 0 Å². The van der Waals surface area contributed by atoms with E-state index < -0.39 is 0 Å². The SMILES string of the molecule is CC1(C)c2ccccc2-c2ccc(N(c3cccc(-c4cccc(-c5ccccc5)c4)c3)c3ccc(-c4ccccc4)c4oc5ccccc5c34)cc21. The van der Waals surface area contributed by atoms with Crippen molar-refractivity contribution < 1.29 is 4.42 Å². The molecule has 10 rings (SSSR count). The van der Waals surface area contributed by atoms with Crippen LogP contribution in [0, 0.1) is 0 Å². The standard InChI is InChI=1S/C51H37NO/c1-51(2)45-25-11-9-23-42(45)43-28-27-40(33-46(43)51)52(39-22-14-21-38(32-39)37-20-13-19-36(31-37)34-15-5-3-6-16-34)47-30-29-41(35-17-7-4-8-18-35)50-49(47)44-24-10-12-26-48(44)53-50/h3-33H,1-2H3. The summed E-state index contributed by atoms with van der Waals surface area (Å²) in [5, 5.41) is 2.20. The normalized spacial score (nSPS) is 12.9. The van der Waals surface area contributed by atoms with E-state index in [2.05, 4.69) is 207 Å². The molecule has 1 aliphatic carbocycles. The van der Waals surface area contributed by atoms with Crippen LogP contribution < -0.4 is 4.90 Å². The minimum atomic E-state index is -0.137. The predicted octanol–water partition coefficient (Wildman–Crippen LogP) is 14.4. The Hall–Kier alpha value is -6.64. The number of benzene rings is 8. The number of nitrogens with zero attached hydrogens (tertiary/aromatic N) is 1. The van der Waals surface area contributed by atoms with Gasteiger partial charge in [0.15, 0.2) is 0 Å². The monoisotopic (exact) mass is 679 g/mol. The Morgan fingerprint density at radius 2 is 1.00 bits per heavy atom. The molecule has 1 aromatic heterocycles. The van der Waals surface area contributed by atoms with E-state index in [1.165, 1.54) is 38.9 Å². The lowest BCUT2D eigenvalue weighted by atomic mass is 9.82. The van der Waals surface area contributed by atoms with Crippen molar-refractivity contribution in [1.29, 1.82) is 0 Å². The zero-order valence-corrected chi connectivity index (χ0v) is 29.8. The van der Waals surface area contributed by atoms with Gasteiger partial charge in [0, 0.05) is 27.7 Å². The van der Waals surface area contributed by atoms with Crippen LogP contribution in [0.5, 0.6) is 0 Å². The van der Waals surface area contributed by atoms with Gasteiger partial charge >= 0.3 is 0 Å². The molecule has 53 heavy (non-hydrogen) atoms. The fourth-order valence-electron chi connectivity index (χ4n) is 8.43. The van der Waals surface area contributed by atoms with Crippen LogP contribution in [0.25, 0.3) is 66.4 Å². The molecule has 0 N–H and O–H groups in total. The molecular weight excluding hydrogens is 643 g/mol. The molecule has 0 saturated heterocycles. The lowest BCUT2D eigenvalue weighted by molar-refractivity contribution is 0.660. The summed E-state index contributed by atoms with van der Waals surface area (Å²) >= 11 is 0. The first-order valence-electron chi connectivity index (χ1n) is 18.3. The second-order valence-electron chi connectivity index (χ2n) is 14.5. The molecule has 0 fully saturated rings. The molecule has 0 aliphatic heterocycles. The van der Waals surface area contributed by atoms with Gasteiger partial charge in [-0.25, -0.2) is 0 Å². The van der Waals surface area contributed by atoms with Gasteiger partial charge in [0.25, 0.3) is 0 Å². The van der Waals surface area contributed by atoms with Crippen molar-refractivity contribution in [3.05, 3.63) is 199 Å². The summed E-state index contributed by atoms with van der Waals surface area (Å²) in [4.78, 5) is 2.43. The smallest absolute Gasteiger partial charge is 0.145 e. The summed E-state index contributed by atoms with van der Waals surface area (Å²) in [6.45, 7) is 4.70. The van der Waals surface area contributed by atoms with Crippen molar-refractivity contribution >= 4 is 39.0 Å². The summed E-state index contributed by atoms with van der Waals surface area (Å²) in [5.74, 6) is 0. The van der Waals surface area contributed by atoms with Gasteiger partial charge in [-0.1, -0.05) is 153 Å². The van der Waals surface area contributed by atoms with Gasteiger partial charge in [0.1, 0.15) is 11.2 Å². The van der Waals surface area contributed by atoms with Crippen LogP contribution in [-0.2, 0) is 5.41 Å². The summed E-state index contributed by atoms with van der Waals surface area (Å²) in [6, 6.07) is 67.8. The first-order valence-corrected chi connectivity index (χ1v) is 18.3. The summed E-state index contributed by atoms with van der Waals surface area (Å²) < 4.78 is 6.77. The van der Waals surface area contributed by atoms with Crippen LogP contribution >= 0.6 is 0 Å². The Morgan fingerprint density at radius 3 is 1.81 bits per heavy atom. The highest BCUT2D eigenvalue weighted by atomic mass is 16.3. The van der Waals surface area contributed by atoms with Crippen molar-refractivity contribution in [3.63, 3.8) is 0 Å². The van der Waals surface area contributed by atoms with E-state index in [9.17, 15) is 0 Å². The van der Waals surface area contributed by atoms with Gasteiger partial charge in [0.2, 0.25) is 0 Å². The van der Waals surface area contributed by atoms with E-state index in [-0.39, 0.29) is 5.41 Å². The maximum atomic E-state index is 6.77. The molecule has 0 bridgehead atoms. The molecule has 0 saturated carbocycles. The van der Waals surface area contributed by atoms with E-state index in [1.807, 2.05) is 0 Å². The van der Waals surface area contributed by atoms with Crippen molar-refractivity contribution in [2.24, 2.45) is 0 Å².